The highest BCUT2D eigenvalue weighted by atomic mass is 79.9. The average molecular weight is 347 g/mol. The third kappa shape index (κ3) is 3.94. The molecule has 0 aliphatic heterocycles. The largest absolute Gasteiger partial charge is 0.398 e. The van der Waals surface area contributed by atoms with Gasteiger partial charge in [-0.15, -0.1) is 0 Å². The molecule has 19 heavy (non-hydrogen) atoms. The minimum atomic E-state index is -3.69. The van der Waals surface area contributed by atoms with Gasteiger partial charge in [0, 0.05) is 11.0 Å². The van der Waals surface area contributed by atoms with Crippen LogP contribution in [-0.2, 0) is 14.6 Å². The molecule has 0 unspecified atom stereocenters. The lowest BCUT2D eigenvalue weighted by atomic mass is 10.3. The minimum absolute atomic E-state index is 0.00253. The zero-order chi connectivity index (χ0) is 14.0. The van der Waals surface area contributed by atoms with E-state index >= 15 is 0 Å². The van der Waals surface area contributed by atoms with E-state index in [0.717, 1.165) is 12.8 Å². The Morgan fingerprint density at radius 2 is 2.11 bits per heavy atom. The summed E-state index contributed by atoms with van der Waals surface area (Å²) in [6, 6.07) is 4.50. The van der Waals surface area contributed by atoms with Gasteiger partial charge in [0.15, 0.2) is 9.84 Å². The zero-order valence-corrected chi connectivity index (χ0v) is 12.6. The summed E-state index contributed by atoms with van der Waals surface area (Å²) in [6.45, 7) is 0.560. The fraction of sp³-hybridized carbons (Fsp3) is 0.417. The predicted molar refractivity (Wildman–Crippen MR) is 76.3 cm³/mol. The van der Waals surface area contributed by atoms with Gasteiger partial charge in [-0.3, -0.25) is 4.79 Å². The van der Waals surface area contributed by atoms with Gasteiger partial charge in [-0.05, 0) is 37.0 Å². The number of carbonyl (C=O) groups excluding carboxylic acids is 1. The molecule has 2 rings (SSSR count). The normalized spacial score (nSPS) is 15.2. The molecule has 0 aromatic heterocycles. The Bertz CT molecular complexity index is 597. The van der Waals surface area contributed by atoms with E-state index in [9.17, 15) is 13.2 Å². The number of hydrogen-bond donors (Lipinski definition) is 2. The quantitative estimate of drug-likeness (QED) is 0.787. The fourth-order valence-electron chi connectivity index (χ4n) is 1.68. The molecule has 0 bridgehead atoms. The third-order valence-electron chi connectivity index (χ3n) is 2.91. The van der Waals surface area contributed by atoms with E-state index in [4.69, 9.17) is 5.73 Å². The van der Waals surface area contributed by atoms with E-state index in [1.165, 1.54) is 12.1 Å². The Balaban J connectivity index is 2.05. The maximum absolute atomic E-state index is 12.1. The van der Waals surface area contributed by atoms with E-state index in [0.29, 0.717) is 16.9 Å². The monoisotopic (exact) mass is 346 g/mol. The first-order valence-corrected chi connectivity index (χ1v) is 8.37. The molecule has 1 aromatic rings. The summed E-state index contributed by atoms with van der Waals surface area (Å²) in [5.41, 5.74) is 5.82. The number of amides is 1. The number of nitrogens with two attached hydrogens (primary N) is 1. The number of halogens is 1. The summed E-state index contributed by atoms with van der Waals surface area (Å²) in [5.74, 6) is -0.524. The van der Waals surface area contributed by atoms with Crippen LogP contribution >= 0.6 is 15.9 Å². The van der Waals surface area contributed by atoms with Crippen molar-refractivity contribution < 1.29 is 13.2 Å². The smallest absolute Gasteiger partial charge is 0.235 e. The number of nitrogen functional groups attached to an aromatic ring is 1. The molecule has 104 valence electrons. The van der Waals surface area contributed by atoms with Crippen LogP contribution < -0.4 is 11.1 Å². The minimum Gasteiger partial charge on any atom is -0.398 e. The van der Waals surface area contributed by atoms with Crippen molar-refractivity contribution >= 4 is 37.4 Å². The van der Waals surface area contributed by atoms with Crippen molar-refractivity contribution in [2.24, 2.45) is 5.92 Å². The number of hydrogen-bond acceptors (Lipinski definition) is 4. The second-order valence-corrected chi connectivity index (χ2v) is 7.56. The second kappa shape index (κ2) is 5.50. The number of nitrogens with one attached hydrogen (secondary N) is 1. The highest BCUT2D eigenvalue weighted by molar-refractivity contribution is 9.10. The molecule has 7 heteroatoms. The van der Waals surface area contributed by atoms with Crippen LogP contribution in [0.5, 0.6) is 0 Å². The molecule has 1 saturated carbocycles. The maximum atomic E-state index is 12.1. The number of anilines is 1. The second-order valence-electron chi connectivity index (χ2n) is 4.69. The predicted octanol–water partition coefficient (Wildman–Crippen LogP) is 1.33. The first-order valence-electron chi connectivity index (χ1n) is 5.93. The van der Waals surface area contributed by atoms with Crippen LogP contribution in [-0.4, -0.2) is 26.6 Å². The van der Waals surface area contributed by atoms with Gasteiger partial charge in [-0.25, -0.2) is 8.42 Å². The van der Waals surface area contributed by atoms with Crippen LogP contribution in [0.1, 0.15) is 12.8 Å². The van der Waals surface area contributed by atoms with Crippen LogP contribution in [0.4, 0.5) is 5.69 Å². The molecule has 0 radical (unpaired) electrons. The molecule has 0 saturated heterocycles. The molecule has 1 amide bonds. The van der Waals surface area contributed by atoms with Crippen LogP contribution in [0.3, 0.4) is 0 Å². The lowest BCUT2D eigenvalue weighted by Crippen LogP contribution is -2.32. The molecular formula is C12H15BrN2O3S. The van der Waals surface area contributed by atoms with Crippen LogP contribution in [0, 0.1) is 5.92 Å². The van der Waals surface area contributed by atoms with Gasteiger partial charge >= 0.3 is 0 Å². The highest BCUT2D eigenvalue weighted by Gasteiger charge is 2.25. The summed E-state index contributed by atoms with van der Waals surface area (Å²) < 4.78 is 24.9. The molecular weight excluding hydrogens is 332 g/mol. The third-order valence-corrected chi connectivity index (χ3v) is 5.09. The molecule has 1 fully saturated rings. The molecule has 1 aromatic carbocycles. The standard InChI is InChI=1S/C12H15BrN2O3S/c13-9-3-4-11(10(14)5-9)19(17,18)7-12(16)15-6-8-1-2-8/h3-5,8H,1-2,6-7,14H2,(H,15,16). The fourth-order valence-corrected chi connectivity index (χ4v) is 3.36. The number of carbonyl (C=O) groups is 1. The summed E-state index contributed by atoms with van der Waals surface area (Å²) in [7, 11) is -3.69. The lowest BCUT2D eigenvalue weighted by molar-refractivity contribution is -0.118. The van der Waals surface area contributed by atoms with Gasteiger partial charge in [-0.2, -0.15) is 0 Å². The van der Waals surface area contributed by atoms with E-state index in [-0.39, 0.29) is 10.6 Å². The Hall–Kier alpha value is -1.08. The molecule has 1 aliphatic carbocycles. The van der Waals surface area contributed by atoms with Crippen molar-refractivity contribution in [2.45, 2.75) is 17.7 Å². The van der Waals surface area contributed by atoms with Gasteiger partial charge < -0.3 is 11.1 Å². The van der Waals surface area contributed by atoms with Crippen LogP contribution in [0.15, 0.2) is 27.6 Å². The van der Waals surface area contributed by atoms with Gasteiger partial charge in [0.25, 0.3) is 0 Å². The lowest BCUT2D eigenvalue weighted by Gasteiger charge is -2.08. The summed E-state index contributed by atoms with van der Waals surface area (Å²) in [6.07, 6.45) is 2.21. The van der Waals surface area contributed by atoms with E-state index in [2.05, 4.69) is 21.2 Å². The van der Waals surface area contributed by atoms with Crippen molar-refractivity contribution in [3.05, 3.63) is 22.7 Å². The maximum Gasteiger partial charge on any atom is 0.235 e. The van der Waals surface area contributed by atoms with Crippen LogP contribution in [0.2, 0.25) is 0 Å². The molecule has 1 aliphatic rings. The van der Waals surface area contributed by atoms with Crippen molar-refractivity contribution in [3.63, 3.8) is 0 Å². The number of rotatable bonds is 5. The molecule has 0 atom stereocenters. The molecule has 0 heterocycles. The highest BCUT2D eigenvalue weighted by Crippen LogP contribution is 2.27. The SMILES string of the molecule is Nc1cc(Br)ccc1S(=O)(=O)CC(=O)NCC1CC1. The Labute approximate surface area is 120 Å². The van der Waals surface area contributed by atoms with Crippen molar-refractivity contribution in [2.75, 3.05) is 18.0 Å². The van der Waals surface area contributed by atoms with Gasteiger partial charge in [0.1, 0.15) is 5.75 Å². The first kappa shape index (κ1) is 14.3. The zero-order valence-electron chi connectivity index (χ0n) is 10.2. The Morgan fingerprint density at radius 1 is 1.42 bits per heavy atom. The van der Waals surface area contributed by atoms with E-state index in [1.807, 2.05) is 0 Å². The van der Waals surface area contributed by atoms with Crippen molar-refractivity contribution in [3.8, 4) is 0 Å². The Kier molecular flexibility index (Phi) is 4.15. The van der Waals surface area contributed by atoms with Gasteiger partial charge in [0.05, 0.1) is 10.6 Å². The van der Waals surface area contributed by atoms with Gasteiger partial charge in [-0.1, -0.05) is 15.9 Å². The van der Waals surface area contributed by atoms with Gasteiger partial charge in [0.2, 0.25) is 5.91 Å². The summed E-state index contributed by atoms with van der Waals surface area (Å²) >= 11 is 3.21. The van der Waals surface area contributed by atoms with E-state index in [1.54, 1.807) is 6.07 Å². The number of benzene rings is 1. The molecule has 3 N–H and O–H groups in total. The molecule has 0 spiro atoms. The molecule has 5 nitrogen and oxygen atoms in total. The van der Waals surface area contributed by atoms with Crippen LogP contribution in [0.25, 0.3) is 0 Å². The topological polar surface area (TPSA) is 89.3 Å². The summed E-state index contributed by atoms with van der Waals surface area (Å²) in [4.78, 5) is 11.6. The van der Waals surface area contributed by atoms with Crippen molar-refractivity contribution in [1.29, 1.82) is 0 Å². The number of sulfone groups is 1. The van der Waals surface area contributed by atoms with Crippen molar-refractivity contribution in [1.82, 2.24) is 5.32 Å². The summed E-state index contributed by atoms with van der Waals surface area (Å²) in [5, 5.41) is 2.63. The van der Waals surface area contributed by atoms with E-state index < -0.39 is 21.5 Å². The Morgan fingerprint density at radius 3 is 2.68 bits per heavy atom. The first-order chi connectivity index (χ1) is 8.88. The average Bonchev–Trinajstić information content (AvgIpc) is 3.08.